The van der Waals surface area contributed by atoms with Crippen molar-refractivity contribution in [2.24, 2.45) is 17.8 Å². The number of amides is 1. The summed E-state index contributed by atoms with van der Waals surface area (Å²) >= 11 is 0. The predicted molar refractivity (Wildman–Crippen MR) is 86.1 cm³/mol. The minimum atomic E-state index is 0.183. The molecule has 21 heavy (non-hydrogen) atoms. The molecule has 1 amide bonds. The van der Waals surface area contributed by atoms with E-state index in [2.05, 4.69) is 29.6 Å². The largest absolute Gasteiger partial charge is 0.326 e. The van der Waals surface area contributed by atoms with Crippen molar-refractivity contribution in [2.45, 2.75) is 32.1 Å². The van der Waals surface area contributed by atoms with Gasteiger partial charge in [0.25, 0.3) is 0 Å². The molecule has 2 aliphatic carbocycles. The first-order chi connectivity index (χ1) is 10.3. The van der Waals surface area contributed by atoms with Crippen LogP contribution in [0.5, 0.6) is 0 Å². The average Bonchev–Trinajstić information content (AvgIpc) is 3.09. The lowest BCUT2D eigenvalue weighted by Gasteiger charge is -2.20. The van der Waals surface area contributed by atoms with E-state index in [-0.39, 0.29) is 5.91 Å². The van der Waals surface area contributed by atoms with Crippen molar-refractivity contribution in [3.05, 3.63) is 42.5 Å². The van der Waals surface area contributed by atoms with E-state index in [4.69, 9.17) is 0 Å². The van der Waals surface area contributed by atoms with Crippen LogP contribution in [0.25, 0.3) is 10.8 Å². The highest BCUT2D eigenvalue weighted by atomic mass is 16.1. The maximum absolute atomic E-state index is 12.3. The van der Waals surface area contributed by atoms with E-state index in [9.17, 15) is 4.79 Å². The molecule has 2 bridgehead atoms. The van der Waals surface area contributed by atoms with Crippen molar-refractivity contribution < 1.29 is 4.79 Å². The van der Waals surface area contributed by atoms with Gasteiger partial charge in [-0.15, -0.1) is 0 Å². The van der Waals surface area contributed by atoms with Crippen molar-refractivity contribution in [3.8, 4) is 0 Å². The monoisotopic (exact) mass is 279 g/mol. The molecular formula is C19H21NO. The Morgan fingerprint density at radius 1 is 1.05 bits per heavy atom. The summed E-state index contributed by atoms with van der Waals surface area (Å²) in [5.41, 5.74) is 0.918. The van der Waals surface area contributed by atoms with E-state index in [1.54, 1.807) is 0 Å². The second-order valence-electron chi connectivity index (χ2n) is 6.75. The van der Waals surface area contributed by atoms with Gasteiger partial charge in [-0.1, -0.05) is 36.8 Å². The molecule has 0 radical (unpaired) electrons. The van der Waals surface area contributed by atoms with E-state index in [0.29, 0.717) is 12.3 Å². The van der Waals surface area contributed by atoms with Gasteiger partial charge >= 0.3 is 0 Å². The van der Waals surface area contributed by atoms with Crippen LogP contribution >= 0.6 is 0 Å². The van der Waals surface area contributed by atoms with E-state index in [1.807, 2.05) is 18.2 Å². The van der Waals surface area contributed by atoms with Crippen LogP contribution in [0.4, 0.5) is 5.69 Å². The van der Waals surface area contributed by atoms with Gasteiger partial charge in [-0.05, 0) is 59.9 Å². The maximum Gasteiger partial charge on any atom is 0.224 e. The van der Waals surface area contributed by atoms with Crippen LogP contribution in [0.3, 0.4) is 0 Å². The number of hydrogen-bond acceptors (Lipinski definition) is 1. The fraction of sp³-hybridized carbons (Fsp3) is 0.421. The summed E-state index contributed by atoms with van der Waals surface area (Å²) in [5, 5.41) is 5.47. The first-order valence-electron chi connectivity index (χ1n) is 8.06. The van der Waals surface area contributed by atoms with Crippen LogP contribution in [-0.2, 0) is 4.79 Å². The molecule has 1 N–H and O–H groups in total. The van der Waals surface area contributed by atoms with Gasteiger partial charge in [0.05, 0.1) is 0 Å². The first-order valence-corrected chi connectivity index (χ1v) is 8.06. The van der Waals surface area contributed by atoms with Crippen molar-refractivity contribution >= 4 is 22.4 Å². The Labute approximate surface area is 125 Å². The normalized spacial score (nSPS) is 27.1. The number of carbonyl (C=O) groups is 1. The van der Waals surface area contributed by atoms with Crippen LogP contribution < -0.4 is 5.32 Å². The van der Waals surface area contributed by atoms with Crippen LogP contribution in [0.2, 0.25) is 0 Å². The quantitative estimate of drug-likeness (QED) is 0.873. The first kappa shape index (κ1) is 12.9. The van der Waals surface area contributed by atoms with Crippen molar-refractivity contribution in [1.29, 1.82) is 0 Å². The topological polar surface area (TPSA) is 29.1 Å². The van der Waals surface area contributed by atoms with Gasteiger partial charge in [0.1, 0.15) is 0 Å². The van der Waals surface area contributed by atoms with Gasteiger partial charge in [-0.3, -0.25) is 4.79 Å². The summed E-state index contributed by atoms with van der Waals surface area (Å²) in [6.07, 6.45) is 6.09. The summed E-state index contributed by atoms with van der Waals surface area (Å²) in [4.78, 5) is 12.3. The van der Waals surface area contributed by atoms with Crippen LogP contribution in [0.15, 0.2) is 42.5 Å². The highest BCUT2D eigenvalue weighted by Gasteiger charge is 2.40. The maximum atomic E-state index is 12.3. The molecule has 4 rings (SSSR count). The Bertz CT molecular complexity index is 678. The molecule has 2 heteroatoms. The minimum absolute atomic E-state index is 0.183. The third kappa shape index (κ3) is 2.55. The van der Waals surface area contributed by atoms with Crippen molar-refractivity contribution in [3.63, 3.8) is 0 Å². The molecule has 0 unspecified atom stereocenters. The molecular weight excluding hydrogens is 258 g/mol. The van der Waals surface area contributed by atoms with Crippen LogP contribution in [-0.4, -0.2) is 5.91 Å². The average molecular weight is 279 g/mol. The fourth-order valence-electron chi connectivity index (χ4n) is 4.34. The third-order valence-corrected chi connectivity index (χ3v) is 5.37. The zero-order chi connectivity index (χ0) is 14.2. The molecule has 2 fully saturated rings. The Morgan fingerprint density at radius 2 is 1.90 bits per heavy atom. The molecule has 2 saturated carbocycles. The van der Waals surface area contributed by atoms with Gasteiger partial charge in [0.2, 0.25) is 5.91 Å². The molecule has 108 valence electrons. The zero-order valence-corrected chi connectivity index (χ0v) is 12.2. The number of rotatable bonds is 3. The molecule has 2 aromatic carbocycles. The molecule has 2 aromatic rings. The van der Waals surface area contributed by atoms with E-state index in [1.165, 1.54) is 36.5 Å². The molecule has 0 aliphatic heterocycles. The Balaban J connectivity index is 1.43. The lowest BCUT2D eigenvalue weighted by atomic mass is 9.86. The van der Waals surface area contributed by atoms with Gasteiger partial charge < -0.3 is 5.32 Å². The number of carbonyl (C=O) groups excluding carboxylic acids is 1. The molecule has 0 heterocycles. The molecule has 3 atom stereocenters. The highest BCUT2D eigenvalue weighted by molar-refractivity contribution is 5.94. The molecule has 0 aromatic heterocycles. The second kappa shape index (κ2) is 5.18. The highest BCUT2D eigenvalue weighted by Crippen LogP contribution is 2.49. The number of fused-ring (bicyclic) bond motifs is 3. The number of anilines is 1. The molecule has 0 spiro atoms. The van der Waals surface area contributed by atoms with Crippen molar-refractivity contribution in [2.75, 3.05) is 5.32 Å². The Morgan fingerprint density at radius 3 is 2.67 bits per heavy atom. The van der Waals surface area contributed by atoms with Gasteiger partial charge in [0.15, 0.2) is 0 Å². The minimum Gasteiger partial charge on any atom is -0.326 e. The van der Waals surface area contributed by atoms with Crippen LogP contribution in [0, 0.1) is 17.8 Å². The Hall–Kier alpha value is -1.83. The van der Waals surface area contributed by atoms with E-state index in [0.717, 1.165) is 17.5 Å². The molecule has 2 nitrogen and oxygen atoms in total. The smallest absolute Gasteiger partial charge is 0.224 e. The Kier molecular flexibility index (Phi) is 3.17. The standard InChI is InChI=1S/C19H21NO/c21-19(12-17-10-13-5-6-16(17)9-13)20-18-8-7-14-3-1-2-4-15(14)11-18/h1-4,7-8,11,13,16-17H,5-6,9-10,12H2,(H,20,21)/t13-,16-,17-/m0/s1. The zero-order valence-electron chi connectivity index (χ0n) is 12.2. The van der Waals surface area contributed by atoms with E-state index < -0.39 is 0 Å². The summed E-state index contributed by atoms with van der Waals surface area (Å²) in [6, 6.07) is 14.4. The second-order valence-corrected chi connectivity index (χ2v) is 6.75. The van der Waals surface area contributed by atoms with Crippen LogP contribution in [0.1, 0.15) is 32.1 Å². The molecule has 2 aliphatic rings. The van der Waals surface area contributed by atoms with Gasteiger partial charge in [0, 0.05) is 12.1 Å². The predicted octanol–water partition coefficient (Wildman–Crippen LogP) is 4.60. The SMILES string of the molecule is O=C(C[C@@H]1C[C@H]2CC[C@H]1C2)Nc1ccc2ccccc2c1. The summed E-state index contributed by atoms with van der Waals surface area (Å²) < 4.78 is 0. The summed E-state index contributed by atoms with van der Waals surface area (Å²) in [5.74, 6) is 2.54. The number of benzene rings is 2. The summed E-state index contributed by atoms with van der Waals surface area (Å²) in [6.45, 7) is 0. The van der Waals surface area contributed by atoms with Gasteiger partial charge in [-0.2, -0.15) is 0 Å². The number of nitrogens with one attached hydrogen (secondary N) is 1. The lowest BCUT2D eigenvalue weighted by molar-refractivity contribution is -0.117. The fourth-order valence-corrected chi connectivity index (χ4v) is 4.34. The third-order valence-electron chi connectivity index (χ3n) is 5.37. The van der Waals surface area contributed by atoms with E-state index >= 15 is 0 Å². The van der Waals surface area contributed by atoms with Gasteiger partial charge in [-0.25, -0.2) is 0 Å². The van der Waals surface area contributed by atoms with Crippen molar-refractivity contribution in [1.82, 2.24) is 0 Å². The summed E-state index contributed by atoms with van der Waals surface area (Å²) in [7, 11) is 0. The lowest BCUT2D eigenvalue weighted by Crippen LogP contribution is -2.20. The number of hydrogen-bond donors (Lipinski definition) is 1. The molecule has 0 saturated heterocycles.